The number of fused-ring (bicyclic) bond motifs is 8. The first-order valence-electron chi connectivity index (χ1n) is 16.5. The van der Waals surface area contributed by atoms with E-state index < -0.39 is 17.0 Å². The van der Waals surface area contributed by atoms with Crippen LogP contribution in [0.15, 0.2) is 99.8 Å². The topological polar surface area (TPSA) is 143 Å². The van der Waals surface area contributed by atoms with Gasteiger partial charge in [-0.15, -0.1) is 0 Å². The molecule has 0 amide bonds. The van der Waals surface area contributed by atoms with Gasteiger partial charge >= 0.3 is 0 Å². The SMILES string of the molecule is NC1=NC2(CS1)c1cc(-c3cccnc3F)ccc1Oc1ncc(C3=CCOCC3)cc12.NC1=NC2(CS1)c1cc(I)ccc1Oc1ncc(Br)cc12. The van der Waals surface area contributed by atoms with Gasteiger partial charge in [0.15, 0.2) is 10.3 Å². The molecule has 3 aromatic heterocycles. The van der Waals surface area contributed by atoms with Crippen molar-refractivity contribution in [2.24, 2.45) is 21.5 Å². The lowest BCUT2D eigenvalue weighted by Crippen LogP contribution is -2.31. The molecule has 2 atom stereocenters. The number of rotatable bonds is 2. The Labute approximate surface area is 334 Å². The molecule has 5 aromatic rings. The number of pyridine rings is 3. The number of nitrogens with two attached hydrogens (primary N) is 2. The second-order valence-electron chi connectivity index (χ2n) is 12.7. The smallest absolute Gasteiger partial charge is 0.225 e. The van der Waals surface area contributed by atoms with Crippen molar-refractivity contribution < 1.29 is 18.6 Å². The summed E-state index contributed by atoms with van der Waals surface area (Å²) in [5.74, 6) is 3.44. The van der Waals surface area contributed by atoms with E-state index in [2.05, 4.69) is 71.7 Å². The van der Waals surface area contributed by atoms with Crippen molar-refractivity contribution in [1.82, 2.24) is 15.0 Å². The third-order valence-corrected chi connectivity index (χ3v) is 12.7. The maximum atomic E-state index is 14.4. The number of benzene rings is 2. The first-order valence-corrected chi connectivity index (χ1v) is 20.4. The Morgan fingerprint density at radius 3 is 2.09 bits per heavy atom. The van der Waals surface area contributed by atoms with Crippen LogP contribution in [0.2, 0.25) is 0 Å². The lowest BCUT2D eigenvalue weighted by Gasteiger charge is -2.34. The van der Waals surface area contributed by atoms with Crippen LogP contribution in [-0.2, 0) is 15.8 Å². The lowest BCUT2D eigenvalue weighted by molar-refractivity contribution is 0.161. The van der Waals surface area contributed by atoms with Crippen molar-refractivity contribution in [2.45, 2.75) is 17.5 Å². The Bertz CT molecular complexity index is 2380. The summed E-state index contributed by atoms with van der Waals surface area (Å²) in [6.45, 7) is 1.28. The van der Waals surface area contributed by atoms with Gasteiger partial charge in [0.25, 0.3) is 0 Å². The molecule has 0 bridgehead atoms. The summed E-state index contributed by atoms with van der Waals surface area (Å²) in [4.78, 5) is 22.5. The fourth-order valence-electron chi connectivity index (χ4n) is 7.14. The van der Waals surface area contributed by atoms with Gasteiger partial charge in [-0.05, 0) is 116 Å². The molecule has 10 rings (SSSR count). The molecule has 10 nitrogen and oxygen atoms in total. The zero-order valence-electron chi connectivity index (χ0n) is 27.7. The fourth-order valence-corrected chi connectivity index (χ4v) is 9.86. The number of ether oxygens (including phenoxy) is 3. The average molecular weight is 921 g/mol. The highest BCUT2D eigenvalue weighted by Crippen LogP contribution is 2.54. The summed E-state index contributed by atoms with van der Waals surface area (Å²) in [7, 11) is 0. The van der Waals surface area contributed by atoms with E-state index in [0.717, 1.165) is 53.8 Å². The van der Waals surface area contributed by atoms with E-state index in [0.29, 0.717) is 57.9 Å². The molecular weight excluding hydrogens is 892 g/mol. The van der Waals surface area contributed by atoms with E-state index in [1.165, 1.54) is 23.5 Å². The molecule has 0 aliphatic carbocycles. The standard InChI is InChI=1S/C24H19FN4O2S.C14H9BrIN3OS/c25-21-17(2-1-7-27-21)15-3-4-20-18(10-15)24(13-32-23(26)29-24)19-11-16(12-28-22(19)31-20)14-5-8-30-9-6-14;15-7-3-10-12(18-5-7)20-11-2-1-8(16)4-9(11)14(10)6-21-13(17)19-14/h1-5,7,10-12H,6,8-9,13H2,(H2,26,29);1-5H,6H2,(H2,17,19). The quantitative estimate of drug-likeness (QED) is 0.131. The number of nitrogens with zero attached hydrogens (tertiary/aromatic N) is 5. The molecule has 53 heavy (non-hydrogen) atoms. The zero-order chi connectivity index (χ0) is 36.3. The molecule has 2 aromatic carbocycles. The number of halogens is 3. The summed E-state index contributed by atoms with van der Waals surface area (Å²) >= 11 is 8.85. The Hall–Kier alpha value is -4.03. The van der Waals surface area contributed by atoms with E-state index in [1.807, 2.05) is 42.6 Å². The molecule has 2 unspecified atom stereocenters. The Morgan fingerprint density at radius 2 is 1.43 bits per heavy atom. The molecule has 0 saturated heterocycles. The van der Waals surface area contributed by atoms with Gasteiger partial charge in [-0.1, -0.05) is 35.7 Å². The highest BCUT2D eigenvalue weighted by molar-refractivity contribution is 14.1. The molecule has 266 valence electrons. The lowest BCUT2D eigenvalue weighted by atomic mass is 9.81. The average Bonchev–Trinajstić information content (AvgIpc) is 3.76. The van der Waals surface area contributed by atoms with Crippen molar-refractivity contribution in [1.29, 1.82) is 0 Å². The monoisotopic (exact) mass is 919 g/mol. The van der Waals surface area contributed by atoms with E-state index in [4.69, 9.17) is 35.7 Å². The van der Waals surface area contributed by atoms with Gasteiger partial charge in [0.05, 0.1) is 13.2 Å². The third kappa shape index (κ3) is 6.09. The summed E-state index contributed by atoms with van der Waals surface area (Å²) < 4.78 is 34.1. The van der Waals surface area contributed by atoms with Gasteiger partial charge in [0.2, 0.25) is 17.7 Å². The first kappa shape index (κ1) is 34.7. The number of amidine groups is 2. The molecule has 2 spiro atoms. The summed E-state index contributed by atoms with van der Waals surface area (Å²) in [5, 5.41) is 1.12. The van der Waals surface area contributed by atoms with Gasteiger partial charge in [-0.3, -0.25) is 0 Å². The summed E-state index contributed by atoms with van der Waals surface area (Å²) in [6, 6.07) is 19.3. The predicted molar refractivity (Wildman–Crippen MR) is 218 cm³/mol. The van der Waals surface area contributed by atoms with Gasteiger partial charge in [-0.25, -0.2) is 24.9 Å². The van der Waals surface area contributed by atoms with E-state index >= 15 is 0 Å². The van der Waals surface area contributed by atoms with Crippen LogP contribution in [-0.4, -0.2) is 50.0 Å². The fraction of sp³-hybridized carbons (Fsp3) is 0.184. The van der Waals surface area contributed by atoms with Crippen molar-refractivity contribution in [3.8, 4) is 34.4 Å². The normalized spacial score (nSPS) is 21.8. The zero-order valence-corrected chi connectivity index (χ0v) is 33.1. The van der Waals surface area contributed by atoms with E-state index in [-0.39, 0.29) is 0 Å². The van der Waals surface area contributed by atoms with Crippen LogP contribution in [0.5, 0.6) is 23.3 Å². The summed E-state index contributed by atoms with van der Waals surface area (Å²) in [6.07, 6.45) is 7.93. The summed E-state index contributed by atoms with van der Waals surface area (Å²) in [5.41, 5.74) is 18.0. The largest absolute Gasteiger partial charge is 0.438 e. The van der Waals surface area contributed by atoms with Crippen LogP contribution < -0.4 is 20.9 Å². The molecule has 5 aliphatic heterocycles. The van der Waals surface area contributed by atoms with Crippen LogP contribution in [0, 0.1) is 9.52 Å². The molecule has 15 heteroatoms. The second kappa shape index (κ2) is 13.7. The number of aromatic nitrogens is 3. The molecule has 0 saturated carbocycles. The van der Waals surface area contributed by atoms with E-state index in [1.54, 1.807) is 30.1 Å². The van der Waals surface area contributed by atoms with E-state index in [9.17, 15) is 4.39 Å². The minimum absolute atomic E-state index is 0.429. The minimum atomic E-state index is -0.749. The predicted octanol–water partition coefficient (Wildman–Crippen LogP) is 8.36. The number of aliphatic imine (C=N–C) groups is 2. The highest BCUT2D eigenvalue weighted by Gasteiger charge is 2.48. The van der Waals surface area contributed by atoms with Crippen LogP contribution in [0.1, 0.15) is 34.2 Å². The number of hydrogen-bond acceptors (Lipinski definition) is 12. The molecule has 5 aliphatic rings. The van der Waals surface area contributed by atoms with Gasteiger partial charge in [0, 0.05) is 66.0 Å². The Morgan fingerprint density at radius 1 is 0.774 bits per heavy atom. The van der Waals surface area contributed by atoms with Crippen LogP contribution in [0.3, 0.4) is 0 Å². The Kier molecular flexibility index (Phi) is 8.96. The van der Waals surface area contributed by atoms with Crippen LogP contribution in [0.25, 0.3) is 16.7 Å². The van der Waals surface area contributed by atoms with Crippen molar-refractivity contribution in [2.75, 3.05) is 24.7 Å². The molecular formula is C38H28BrFIN7O3S2. The number of thioether (sulfide) groups is 2. The van der Waals surface area contributed by atoms with Crippen molar-refractivity contribution in [3.05, 3.63) is 127 Å². The molecule has 4 N–H and O–H groups in total. The van der Waals surface area contributed by atoms with Crippen molar-refractivity contribution >= 4 is 78.0 Å². The first-order chi connectivity index (χ1) is 25.7. The van der Waals surface area contributed by atoms with Crippen molar-refractivity contribution in [3.63, 3.8) is 0 Å². The molecule has 0 fully saturated rings. The molecule has 8 heterocycles. The van der Waals surface area contributed by atoms with Gasteiger partial charge in [0.1, 0.15) is 22.6 Å². The third-order valence-electron chi connectivity index (χ3n) is 9.65. The van der Waals surface area contributed by atoms with Gasteiger partial charge < -0.3 is 25.7 Å². The maximum absolute atomic E-state index is 14.4. The molecule has 0 radical (unpaired) electrons. The van der Waals surface area contributed by atoms with Crippen LogP contribution >= 0.6 is 62.0 Å². The highest BCUT2D eigenvalue weighted by atomic mass is 127. The van der Waals surface area contributed by atoms with Crippen LogP contribution in [0.4, 0.5) is 4.39 Å². The number of hydrogen-bond donors (Lipinski definition) is 2. The maximum Gasteiger partial charge on any atom is 0.225 e. The minimum Gasteiger partial charge on any atom is -0.438 e. The second-order valence-corrected chi connectivity index (χ2v) is 16.9. The Balaban J connectivity index is 0.000000153. The van der Waals surface area contributed by atoms with Gasteiger partial charge in [-0.2, -0.15) is 4.39 Å².